The highest BCUT2D eigenvalue weighted by molar-refractivity contribution is 9.12. The van der Waals surface area contributed by atoms with Gasteiger partial charge in [0.05, 0.1) is 10.2 Å². The van der Waals surface area contributed by atoms with Crippen LogP contribution in [0.1, 0.15) is 50.2 Å². The average Bonchev–Trinajstić information content (AvgIpc) is 2.76. The molecule has 0 saturated heterocycles. The molecule has 3 rings (SSSR count). The quantitative estimate of drug-likeness (QED) is 0.808. The predicted molar refractivity (Wildman–Crippen MR) is 86.6 cm³/mol. The molecule has 0 spiro atoms. The molecule has 4 heteroatoms. The number of halogens is 2. The Kier molecular flexibility index (Phi) is 3.68. The minimum absolute atomic E-state index is 0.0225. The summed E-state index contributed by atoms with van der Waals surface area (Å²) in [6.45, 7) is 2.17. The van der Waals surface area contributed by atoms with Crippen LogP contribution in [0.2, 0.25) is 0 Å². The zero-order valence-corrected chi connectivity index (χ0v) is 13.7. The van der Waals surface area contributed by atoms with Gasteiger partial charge < -0.3 is 5.73 Å². The summed E-state index contributed by atoms with van der Waals surface area (Å²) in [5.74, 6) is -0.270. The maximum atomic E-state index is 13.9. The number of Topliss-reactive ketones (excluding diaryl/α,β-unsaturated/α-hetero) is 1. The molecular weight excluding hydrogens is 333 g/mol. The lowest BCUT2D eigenvalue weighted by Crippen LogP contribution is -2.27. The molecular formula is C17H19BrFNO. The SMILES string of the molecule is CCCCC12CCC(=O)C(Br)=C1c1cc(F)c(N)cc1C2. The molecule has 1 aromatic carbocycles. The van der Waals surface area contributed by atoms with E-state index < -0.39 is 5.82 Å². The van der Waals surface area contributed by atoms with Crippen molar-refractivity contribution in [1.82, 2.24) is 0 Å². The van der Waals surface area contributed by atoms with Gasteiger partial charge in [-0.2, -0.15) is 0 Å². The maximum absolute atomic E-state index is 13.9. The van der Waals surface area contributed by atoms with E-state index in [1.807, 2.05) is 0 Å². The van der Waals surface area contributed by atoms with Crippen molar-refractivity contribution in [1.29, 1.82) is 0 Å². The number of benzene rings is 1. The fraction of sp³-hybridized carbons (Fsp3) is 0.471. The van der Waals surface area contributed by atoms with Crippen molar-refractivity contribution >= 4 is 33.0 Å². The molecule has 0 saturated carbocycles. The molecule has 2 nitrogen and oxygen atoms in total. The summed E-state index contributed by atoms with van der Waals surface area (Å²) in [6, 6.07) is 3.25. The van der Waals surface area contributed by atoms with Crippen molar-refractivity contribution in [3.8, 4) is 0 Å². The molecule has 0 aromatic heterocycles. The molecule has 2 aliphatic rings. The number of hydrogen-bond acceptors (Lipinski definition) is 2. The number of nitrogens with two attached hydrogens (primary N) is 1. The second-order valence-electron chi connectivity index (χ2n) is 6.20. The molecule has 0 bridgehead atoms. The Bertz CT molecular complexity index is 652. The first kappa shape index (κ1) is 14.8. The standard InChI is InChI=1S/C17H19BrFNO/c1-2-3-5-17-6-4-14(21)16(18)15(17)11-8-12(19)13(20)7-10(11)9-17/h7-8H,2-6,9,20H2,1H3. The smallest absolute Gasteiger partial charge is 0.170 e. The van der Waals surface area contributed by atoms with Crippen molar-refractivity contribution < 1.29 is 9.18 Å². The molecule has 0 aliphatic heterocycles. The van der Waals surface area contributed by atoms with Crippen molar-refractivity contribution in [2.24, 2.45) is 5.41 Å². The number of hydrogen-bond donors (Lipinski definition) is 1. The zero-order chi connectivity index (χ0) is 15.2. The first-order valence-corrected chi connectivity index (χ1v) is 8.29. The molecule has 21 heavy (non-hydrogen) atoms. The number of anilines is 1. The number of carbonyl (C=O) groups is 1. The first-order chi connectivity index (χ1) is 9.98. The van der Waals surface area contributed by atoms with E-state index in [0.29, 0.717) is 10.9 Å². The van der Waals surface area contributed by atoms with Crippen LogP contribution < -0.4 is 5.73 Å². The normalized spacial score (nSPS) is 24.2. The molecule has 2 N–H and O–H groups in total. The Morgan fingerprint density at radius 1 is 1.43 bits per heavy atom. The Balaban J connectivity index is 2.18. The lowest BCUT2D eigenvalue weighted by atomic mass is 9.69. The van der Waals surface area contributed by atoms with E-state index >= 15 is 0 Å². The largest absolute Gasteiger partial charge is 0.396 e. The molecule has 2 aliphatic carbocycles. The van der Waals surface area contributed by atoms with E-state index in [2.05, 4.69) is 22.9 Å². The van der Waals surface area contributed by atoms with Gasteiger partial charge in [-0.25, -0.2) is 4.39 Å². The number of unbranched alkanes of at least 4 members (excludes halogenated alkanes) is 1. The van der Waals surface area contributed by atoms with Gasteiger partial charge in [0.2, 0.25) is 0 Å². The summed E-state index contributed by atoms with van der Waals surface area (Å²) < 4.78 is 14.5. The Hall–Kier alpha value is -1.16. The number of nitrogen functional groups attached to an aromatic ring is 1. The third-order valence-electron chi connectivity index (χ3n) is 4.85. The number of rotatable bonds is 3. The number of carbonyl (C=O) groups excluding carboxylic acids is 1. The maximum Gasteiger partial charge on any atom is 0.170 e. The van der Waals surface area contributed by atoms with Gasteiger partial charge in [0, 0.05) is 11.8 Å². The van der Waals surface area contributed by atoms with Crippen LogP contribution >= 0.6 is 15.9 Å². The van der Waals surface area contributed by atoms with Crippen LogP contribution in [0.15, 0.2) is 16.6 Å². The van der Waals surface area contributed by atoms with Crippen molar-refractivity contribution in [2.75, 3.05) is 5.73 Å². The zero-order valence-electron chi connectivity index (χ0n) is 12.1. The minimum atomic E-state index is -0.397. The number of allylic oxidation sites excluding steroid dienone is 2. The topological polar surface area (TPSA) is 43.1 Å². The summed E-state index contributed by atoms with van der Waals surface area (Å²) in [4.78, 5) is 12.1. The van der Waals surface area contributed by atoms with Crippen LogP contribution in [-0.2, 0) is 11.2 Å². The number of fused-ring (bicyclic) bond motifs is 3. The molecule has 0 fully saturated rings. The van der Waals surface area contributed by atoms with E-state index in [4.69, 9.17) is 5.73 Å². The van der Waals surface area contributed by atoms with Crippen molar-refractivity contribution in [2.45, 2.75) is 45.4 Å². The lowest BCUT2D eigenvalue weighted by Gasteiger charge is -2.35. The van der Waals surface area contributed by atoms with Crippen LogP contribution in [0.4, 0.5) is 10.1 Å². The third kappa shape index (κ3) is 2.24. The van der Waals surface area contributed by atoms with Gasteiger partial charge in [-0.1, -0.05) is 19.8 Å². The molecule has 112 valence electrons. The van der Waals surface area contributed by atoms with Crippen LogP contribution in [0.25, 0.3) is 5.57 Å². The van der Waals surface area contributed by atoms with Crippen molar-refractivity contribution in [3.63, 3.8) is 0 Å². The Morgan fingerprint density at radius 2 is 2.19 bits per heavy atom. The highest BCUT2D eigenvalue weighted by atomic mass is 79.9. The lowest BCUT2D eigenvalue weighted by molar-refractivity contribution is -0.115. The fourth-order valence-electron chi connectivity index (χ4n) is 3.77. The van der Waals surface area contributed by atoms with E-state index in [0.717, 1.165) is 48.8 Å². The molecule has 0 radical (unpaired) electrons. The second kappa shape index (κ2) is 5.24. The van der Waals surface area contributed by atoms with Crippen molar-refractivity contribution in [3.05, 3.63) is 33.6 Å². The molecule has 1 unspecified atom stereocenters. The van der Waals surface area contributed by atoms with Crippen LogP contribution in [0.5, 0.6) is 0 Å². The summed E-state index contributed by atoms with van der Waals surface area (Å²) in [7, 11) is 0. The summed E-state index contributed by atoms with van der Waals surface area (Å²) in [5.41, 5.74) is 8.85. The molecule has 1 aromatic rings. The van der Waals surface area contributed by atoms with Gasteiger partial charge >= 0.3 is 0 Å². The Morgan fingerprint density at radius 3 is 2.90 bits per heavy atom. The first-order valence-electron chi connectivity index (χ1n) is 7.50. The van der Waals surface area contributed by atoms with E-state index in [1.165, 1.54) is 6.07 Å². The van der Waals surface area contributed by atoms with Gasteiger partial charge in [0.15, 0.2) is 5.78 Å². The summed E-state index contributed by atoms with van der Waals surface area (Å²) in [5, 5.41) is 0. The molecule has 1 atom stereocenters. The second-order valence-corrected chi connectivity index (χ2v) is 7.00. The highest BCUT2D eigenvalue weighted by Crippen LogP contribution is 2.57. The van der Waals surface area contributed by atoms with Gasteiger partial charge in [-0.3, -0.25) is 4.79 Å². The highest BCUT2D eigenvalue weighted by Gasteiger charge is 2.46. The fourth-order valence-corrected chi connectivity index (χ4v) is 4.61. The summed E-state index contributed by atoms with van der Waals surface area (Å²) in [6.07, 6.45) is 5.56. The summed E-state index contributed by atoms with van der Waals surface area (Å²) >= 11 is 3.48. The molecule has 0 heterocycles. The van der Waals surface area contributed by atoms with E-state index in [-0.39, 0.29) is 16.9 Å². The van der Waals surface area contributed by atoms with Gasteiger partial charge in [-0.05, 0) is 64.0 Å². The van der Waals surface area contributed by atoms with Crippen LogP contribution in [-0.4, -0.2) is 5.78 Å². The number of ketones is 1. The predicted octanol–water partition coefficient (Wildman–Crippen LogP) is 4.61. The Labute approximate surface area is 132 Å². The molecule has 0 amide bonds. The third-order valence-corrected chi connectivity index (χ3v) is 5.69. The minimum Gasteiger partial charge on any atom is -0.396 e. The monoisotopic (exact) mass is 351 g/mol. The van der Waals surface area contributed by atoms with Crippen LogP contribution in [0.3, 0.4) is 0 Å². The van der Waals surface area contributed by atoms with Gasteiger partial charge in [-0.15, -0.1) is 0 Å². The van der Waals surface area contributed by atoms with E-state index in [1.54, 1.807) is 6.07 Å². The average molecular weight is 352 g/mol. The van der Waals surface area contributed by atoms with Gasteiger partial charge in [0.25, 0.3) is 0 Å². The van der Waals surface area contributed by atoms with Crippen LogP contribution in [0, 0.1) is 11.2 Å². The van der Waals surface area contributed by atoms with E-state index in [9.17, 15) is 9.18 Å². The van der Waals surface area contributed by atoms with Gasteiger partial charge in [0.1, 0.15) is 5.82 Å².